The van der Waals surface area contributed by atoms with E-state index in [1.165, 1.54) is 12.5 Å². The monoisotopic (exact) mass is 364 g/mol. The van der Waals surface area contributed by atoms with Crippen LogP contribution in [0.15, 0.2) is 35.5 Å². The first-order valence-corrected chi connectivity index (χ1v) is 9.29. The van der Waals surface area contributed by atoms with Gasteiger partial charge in [0.05, 0.1) is 6.10 Å². The minimum absolute atomic E-state index is 0.141. The van der Waals surface area contributed by atoms with Gasteiger partial charge in [0.2, 0.25) is 0 Å². The molecule has 0 aromatic rings. The van der Waals surface area contributed by atoms with Crippen molar-refractivity contribution in [3.63, 3.8) is 0 Å². The highest BCUT2D eigenvalue weighted by atomic mass is 16.6. The number of carbonyl (C=O) groups excluding carboxylic acids is 2. The molecule has 0 aromatic carbocycles. The number of aliphatic hydroxyl groups is 1. The molecule has 4 heteroatoms. The minimum atomic E-state index is -0.582. The molecule has 0 saturated carbocycles. The van der Waals surface area contributed by atoms with Gasteiger partial charge in [0.15, 0.2) is 0 Å². The summed E-state index contributed by atoms with van der Waals surface area (Å²) < 4.78 is 5.55. The quantitative estimate of drug-likeness (QED) is 0.231. The highest BCUT2D eigenvalue weighted by Gasteiger charge is 2.31. The Labute approximate surface area is 159 Å². The molecule has 0 saturated heterocycles. The van der Waals surface area contributed by atoms with Crippen molar-refractivity contribution in [2.75, 3.05) is 0 Å². The Hall–Kier alpha value is -1.68. The predicted molar refractivity (Wildman–Crippen MR) is 107 cm³/mol. The molecule has 0 fully saturated rings. The fourth-order valence-corrected chi connectivity index (χ4v) is 2.86. The Bertz CT molecular complexity index is 540. The molecule has 4 nitrogen and oxygen atoms in total. The molecule has 0 amide bonds. The maximum atomic E-state index is 11.5. The number of allylic oxidation sites excluding steroid dienone is 4. The van der Waals surface area contributed by atoms with Gasteiger partial charge in [-0.3, -0.25) is 9.59 Å². The molecule has 2 unspecified atom stereocenters. The van der Waals surface area contributed by atoms with Gasteiger partial charge in [0, 0.05) is 12.8 Å². The lowest BCUT2D eigenvalue weighted by Crippen LogP contribution is -2.36. The lowest BCUT2D eigenvalue weighted by molar-refractivity contribution is -0.159. The fourth-order valence-electron chi connectivity index (χ4n) is 2.86. The third kappa shape index (κ3) is 10.3. The maximum Gasteiger partial charge on any atom is 0.303 e. The number of aldehydes is 1. The molecule has 148 valence electrons. The molecule has 0 radical (unpaired) electrons. The number of carbonyl (C=O) groups is 2. The van der Waals surface area contributed by atoms with E-state index < -0.39 is 11.7 Å². The van der Waals surface area contributed by atoms with E-state index in [-0.39, 0.29) is 11.9 Å². The summed E-state index contributed by atoms with van der Waals surface area (Å²) in [7, 11) is 0. The molecule has 1 N–H and O–H groups in total. The van der Waals surface area contributed by atoms with Crippen LogP contribution in [0, 0.1) is 5.92 Å². The fraction of sp³-hybridized carbons (Fsp3) is 0.636. The van der Waals surface area contributed by atoms with Crippen molar-refractivity contribution in [1.29, 1.82) is 0 Å². The second-order valence-electron chi connectivity index (χ2n) is 7.77. The van der Waals surface area contributed by atoms with Crippen molar-refractivity contribution in [2.24, 2.45) is 5.92 Å². The summed E-state index contributed by atoms with van der Waals surface area (Å²) in [6.07, 6.45) is 7.94. The molecule has 26 heavy (non-hydrogen) atoms. The number of hydrogen-bond acceptors (Lipinski definition) is 4. The summed E-state index contributed by atoms with van der Waals surface area (Å²) in [4.78, 5) is 22.1. The van der Waals surface area contributed by atoms with Crippen LogP contribution in [0.5, 0.6) is 0 Å². The number of esters is 1. The van der Waals surface area contributed by atoms with Crippen LogP contribution in [0.25, 0.3) is 0 Å². The van der Waals surface area contributed by atoms with Gasteiger partial charge < -0.3 is 9.84 Å². The van der Waals surface area contributed by atoms with Crippen LogP contribution in [0.3, 0.4) is 0 Å². The van der Waals surface area contributed by atoms with Crippen LogP contribution in [-0.4, -0.2) is 29.1 Å². The van der Waals surface area contributed by atoms with Crippen LogP contribution < -0.4 is 0 Å². The summed E-state index contributed by atoms with van der Waals surface area (Å²) in [5.74, 6) is -0.146. The average Bonchev–Trinajstić information content (AvgIpc) is 2.50. The topological polar surface area (TPSA) is 63.6 Å². The normalized spacial score (nSPS) is 15.3. The molecule has 0 aliphatic carbocycles. The predicted octanol–water partition coefficient (Wildman–Crippen LogP) is 4.92. The zero-order valence-electron chi connectivity index (χ0n) is 17.3. The highest BCUT2D eigenvalue weighted by Crippen LogP contribution is 2.31. The van der Waals surface area contributed by atoms with E-state index >= 15 is 0 Å². The van der Waals surface area contributed by atoms with Gasteiger partial charge in [-0.1, -0.05) is 29.4 Å². The maximum absolute atomic E-state index is 11.5. The van der Waals surface area contributed by atoms with E-state index in [0.717, 1.165) is 43.1 Å². The zero-order chi connectivity index (χ0) is 20.3. The standard InChI is InChI=1S/C22H36O4/c1-16(2)21(25)13-10-17(3)8-11-20(12-9-18(4)14-15-23)22(6,7)26-19(5)24/h8,14-15,20-21,25H,1,9-13H2,2-7H3. The first-order chi connectivity index (χ1) is 12.0. The van der Waals surface area contributed by atoms with Gasteiger partial charge in [0.25, 0.3) is 0 Å². The van der Waals surface area contributed by atoms with Crippen LogP contribution in [0.2, 0.25) is 0 Å². The molecule has 0 bridgehead atoms. The number of aliphatic hydroxyl groups excluding tert-OH is 1. The van der Waals surface area contributed by atoms with E-state index in [1.54, 1.807) is 6.08 Å². The SMILES string of the molecule is C=C(C)C(O)CCC(C)=CCC(CCC(C)=CC=O)C(C)(C)OC(C)=O. The smallest absolute Gasteiger partial charge is 0.303 e. The van der Waals surface area contributed by atoms with E-state index in [2.05, 4.69) is 19.6 Å². The van der Waals surface area contributed by atoms with Crippen LogP contribution in [0.4, 0.5) is 0 Å². The lowest BCUT2D eigenvalue weighted by Gasteiger charge is -2.33. The third-order valence-corrected chi connectivity index (χ3v) is 4.76. The van der Waals surface area contributed by atoms with Crippen molar-refractivity contribution in [3.8, 4) is 0 Å². The molecular formula is C22H36O4. The average molecular weight is 365 g/mol. The summed E-state index contributed by atoms with van der Waals surface area (Å²) >= 11 is 0. The molecule has 0 aliphatic heterocycles. The van der Waals surface area contributed by atoms with E-state index in [0.29, 0.717) is 6.42 Å². The van der Waals surface area contributed by atoms with Crippen molar-refractivity contribution in [1.82, 2.24) is 0 Å². The van der Waals surface area contributed by atoms with Crippen LogP contribution in [-0.2, 0) is 14.3 Å². The molecule has 0 aromatic heterocycles. The summed E-state index contributed by atoms with van der Waals surface area (Å²) in [6, 6.07) is 0. The molecule has 0 spiro atoms. The van der Waals surface area contributed by atoms with Crippen molar-refractivity contribution in [3.05, 3.63) is 35.5 Å². The van der Waals surface area contributed by atoms with Gasteiger partial charge in [-0.25, -0.2) is 0 Å². The second-order valence-corrected chi connectivity index (χ2v) is 7.77. The Morgan fingerprint density at radius 2 is 1.69 bits per heavy atom. The van der Waals surface area contributed by atoms with Gasteiger partial charge in [-0.2, -0.15) is 0 Å². The number of ether oxygens (including phenoxy) is 1. The van der Waals surface area contributed by atoms with Crippen molar-refractivity contribution in [2.45, 2.75) is 85.4 Å². The minimum Gasteiger partial charge on any atom is -0.460 e. The largest absolute Gasteiger partial charge is 0.460 e. The van der Waals surface area contributed by atoms with Gasteiger partial charge >= 0.3 is 5.97 Å². The molecule has 0 aliphatic rings. The number of hydrogen-bond donors (Lipinski definition) is 1. The van der Waals surface area contributed by atoms with Gasteiger partial charge in [0.1, 0.15) is 11.9 Å². The Morgan fingerprint density at radius 3 is 2.19 bits per heavy atom. The van der Waals surface area contributed by atoms with Crippen molar-refractivity contribution >= 4 is 12.3 Å². The van der Waals surface area contributed by atoms with E-state index in [9.17, 15) is 14.7 Å². The summed E-state index contributed by atoms with van der Waals surface area (Å²) in [5.41, 5.74) is 2.42. The third-order valence-electron chi connectivity index (χ3n) is 4.76. The van der Waals surface area contributed by atoms with E-state index in [1.807, 2.05) is 27.7 Å². The Morgan fingerprint density at radius 1 is 1.12 bits per heavy atom. The highest BCUT2D eigenvalue weighted by molar-refractivity contribution is 5.66. The molecule has 0 rings (SSSR count). The Kier molecular flexibility index (Phi) is 11.1. The molecular weight excluding hydrogens is 328 g/mol. The van der Waals surface area contributed by atoms with Crippen LogP contribution in [0.1, 0.15) is 73.6 Å². The molecule has 0 heterocycles. The number of rotatable bonds is 12. The van der Waals surface area contributed by atoms with Crippen molar-refractivity contribution < 1.29 is 19.4 Å². The van der Waals surface area contributed by atoms with Crippen LogP contribution >= 0.6 is 0 Å². The van der Waals surface area contributed by atoms with E-state index in [4.69, 9.17) is 4.74 Å². The first-order valence-electron chi connectivity index (χ1n) is 9.29. The summed E-state index contributed by atoms with van der Waals surface area (Å²) in [6.45, 7) is 14.9. The zero-order valence-corrected chi connectivity index (χ0v) is 17.3. The lowest BCUT2D eigenvalue weighted by atomic mass is 9.82. The first kappa shape index (κ1) is 24.3. The van der Waals surface area contributed by atoms with Gasteiger partial charge in [-0.15, -0.1) is 0 Å². The van der Waals surface area contributed by atoms with Gasteiger partial charge in [-0.05, 0) is 72.8 Å². The summed E-state index contributed by atoms with van der Waals surface area (Å²) in [5, 5.41) is 9.86. The molecule has 2 atom stereocenters. The second kappa shape index (κ2) is 11.8. The Balaban J connectivity index is 5.01.